The zero-order chi connectivity index (χ0) is 30.3. The molecule has 1 unspecified atom stereocenters. The van der Waals surface area contributed by atoms with Crippen molar-refractivity contribution in [3.63, 3.8) is 0 Å². The Balaban J connectivity index is 1.54. The van der Waals surface area contributed by atoms with E-state index in [-0.39, 0.29) is 23.3 Å². The Labute approximate surface area is 228 Å². The maximum absolute atomic E-state index is 15.2. The Morgan fingerprint density at radius 1 is 1.10 bits per heavy atom. The van der Waals surface area contributed by atoms with E-state index in [9.17, 15) is 18.1 Å². The summed E-state index contributed by atoms with van der Waals surface area (Å²) in [5.41, 5.74) is 2.30. The van der Waals surface area contributed by atoms with Crippen molar-refractivity contribution in [2.75, 3.05) is 20.3 Å². The normalized spacial score (nSPS) is 20.7. The average molecular weight is 557 g/mol. The molecule has 2 aliphatic heterocycles. The summed E-state index contributed by atoms with van der Waals surface area (Å²) >= 11 is 0. The Hall–Kier alpha value is -3.58. The summed E-state index contributed by atoms with van der Waals surface area (Å²) in [7, 11) is -2.58. The zero-order valence-electron chi connectivity index (χ0n) is 24.4. The van der Waals surface area contributed by atoms with Gasteiger partial charge in [0.15, 0.2) is 0 Å². The van der Waals surface area contributed by atoms with Gasteiger partial charge in [-0.1, -0.05) is 31.2 Å². The van der Waals surface area contributed by atoms with Crippen LogP contribution in [0.4, 0.5) is 13.2 Å². The second-order valence-corrected chi connectivity index (χ2v) is 14.1. The number of carbonyl (C=O) groups excluding carboxylic acids is 1. The quantitative estimate of drug-likeness (QED) is 0.243. The molecule has 2 aliphatic rings. The SMILES string of the molecule is [2H]C([2H])([2H])N1C(=O)c2cccc(OC(F)F)c2[C@H]2C[C@@H]1c1nc3ccc(-c4ccc(C(C)P(C)(C)=O)c(F)c4)cc3n12. The Morgan fingerprint density at radius 3 is 2.54 bits per heavy atom. The van der Waals surface area contributed by atoms with Crippen LogP contribution in [0, 0.1) is 5.82 Å². The molecule has 3 heterocycles. The molecule has 0 aliphatic carbocycles. The van der Waals surface area contributed by atoms with E-state index in [1.165, 1.54) is 24.3 Å². The number of carbonyl (C=O) groups is 1. The highest BCUT2D eigenvalue weighted by Crippen LogP contribution is 2.53. The van der Waals surface area contributed by atoms with Crippen molar-refractivity contribution in [2.24, 2.45) is 0 Å². The van der Waals surface area contributed by atoms with E-state index in [4.69, 9.17) is 8.85 Å². The molecule has 202 valence electrons. The zero-order valence-corrected chi connectivity index (χ0v) is 22.3. The highest BCUT2D eigenvalue weighted by atomic mass is 31.2. The molecule has 0 saturated carbocycles. The number of amides is 1. The Morgan fingerprint density at radius 2 is 1.85 bits per heavy atom. The maximum Gasteiger partial charge on any atom is 0.387 e. The number of hydrogen-bond donors (Lipinski definition) is 0. The van der Waals surface area contributed by atoms with Crippen molar-refractivity contribution >= 4 is 24.1 Å². The van der Waals surface area contributed by atoms with Gasteiger partial charge in [-0.2, -0.15) is 8.78 Å². The molecule has 0 N–H and O–H groups in total. The van der Waals surface area contributed by atoms with E-state index >= 15 is 4.39 Å². The third-order valence-electron chi connectivity index (χ3n) is 7.87. The first-order chi connectivity index (χ1) is 19.7. The number of halogens is 3. The topological polar surface area (TPSA) is 64.4 Å². The molecule has 6 nitrogen and oxygen atoms in total. The molecule has 1 amide bonds. The second kappa shape index (κ2) is 8.98. The van der Waals surface area contributed by atoms with Crippen LogP contribution in [0.15, 0.2) is 54.6 Å². The van der Waals surface area contributed by atoms with Crippen molar-refractivity contribution < 1.29 is 31.4 Å². The fourth-order valence-corrected chi connectivity index (χ4v) is 6.55. The van der Waals surface area contributed by atoms with E-state index in [0.29, 0.717) is 33.5 Å². The lowest BCUT2D eigenvalue weighted by Gasteiger charge is -2.24. The van der Waals surface area contributed by atoms with Crippen LogP contribution >= 0.6 is 7.14 Å². The van der Waals surface area contributed by atoms with Crippen molar-refractivity contribution in [2.45, 2.75) is 37.7 Å². The van der Waals surface area contributed by atoms with Gasteiger partial charge in [-0.25, -0.2) is 9.37 Å². The number of nitrogens with zero attached hydrogens (tertiary/aromatic N) is 3. The molecule has 0 spiro atoms. The summed E-state index contributed by atoms with van der Waals surface area (Å²) in [5.74, 6) is -1.20. The summed E-state index contributed by atoms with van der Waals surface area (Å²) in [6.45, 7) is -1.02. The van der Waals surface area contributed by atoms with Gasteiger partial charge in [0.25, 0.3) is 5.91 Å². The molecule has 1 aromatic heterocycles. The van der Waals surface area contributed by atoms with Crippen molar-refractivity contribution in [1.82, 2.24) is 14.5 Å². The number of imidazole rings is 1. The van der Waals surface area contributed by atoms with Crippen molar-refractivity contribution in [3.05, 3.63) is 82.9 Å². The van der Waals surface area contributed by atoms with Crippen molar-refractivity contribution in [1.29, 1.82) is 0 Å². The third-order valence-corrected chi connectivity index (χ3v) is 10.0. The van der Waals surface area contributed by atoms with E-state index in [0.717, 1.165) is 4.90 Å². The van der Waals surface area contributed by atoms with E-state index in [1.807, 2.05) is 0 Å². The number of benzene rings is 3. The van der Waals surface area contributed by atoms with E-state index < -0.39 is 50.2 Å². The molecular weight excluding hydrogens is 526 g/mol. The molecule has 10 heteroatoms. The summed E-state index contributed by atoms with van der Waals surface area (Å²) in [6.07, 6.45) is 0.0958. The van der Waals surface area contributed by atoms with Crippen LogP contribution in [0.5, 0.6) is 5.75 Å². The first-order valence-corrected chi connectivity index (χ1v) is 15.1. The van der Waals surface area contributed by atoms with Gasteiger partial charge in [0.2, 0.25) is 0 Å². The van der Waals surface area contributed by atoms with Gasteiger partial charge in [-0.05, 0) is 60.4 Å². The first kappa shape index (κ1) is 22.3. The van der Waals surface area contributed by atoms with E-state index in [2.05, 4.69) is 4.98 Å². The molecule has 2 bridgehead atoms. The highest BCUT2D eigenvalue weighted by Gasteiger charge is 2.45. The number of alkyl halides is 2. The van der Waals surface area contributed by atoms with Gasteiger partial charge in [-0.15, -0.1) is 0 Å². The smallest absolute Gasteiger partial charge is 0.387 e. The lowest BCUT2D eigenvalue weighted by Crippen LogP contribution is -2.30. The van der Waals surface area contributed by atoms with Gasteiger partial charge >= 0.3 is 6.61 Å². The van der Waals surface area contributed by atoms with Gasteiger partial charge in [-0.3, -0.25) is 4.79 Å². The molecule has 3 aromatic carbocycles. The molecule has 4 aromatic rings. The molecule has 39 heavy (non-hydrogen) atoms. The maximum atomic E-state index is 15.2. The van der Waals surface area contributed by atoms with Crippen LogP contribution in [-0.2, 0) is 4.57 Å². The molecular formula is C29H27F3N3O3P. The Kier molecular flexibility index (Phi) is 5.13. The number of aromatic nitrogens is 2. The minimum Gasteiger partial charge on any atom is -0.434 e. The van der Waals surface area contributed by atoms with Gasteiger partial charge < -0.3 is 18.8 Å². The molecule has 3 atom stereocenters. The number of hydrogen-bond acceptors (Lipinski definition) is 4. The molecule has 6 rings (SSSR count). The summed E-state index contributed by atoms with van der Waals surface area (Å²) < 4.78 is 85.6. The first-order valence-electron chi connectivity index (χ1n) is 13.9. The summed E-state index contributed by atoms with van der Waals surface area (Å²) in [5, 5.41) is 0. The predicted molar refractivity (Wildman–Crippen MR) is 144 cm³/mol. The summed E-state index contributed by atoms with van der Waals surface area (Å²) in [6, 6.07) is 12.4. The number of rotatable bonds is 5. The van der Waals surface area contributed by atoms with Crippen LogP contribution in [-0.4, -0.2) is 47.3 Å². The van der Waals surface area contributed by atoms with Crippen LogP contribution < -0.4 is 4.74 Å². The lowest BCUT2D eigenvalue weighted by atomic mass is 9.97. The number of ether oxygens (including phenoxy) is 1. The third kappa shape index (κ3) is 4.06. The van der Waals surface area contributed by atoms with Gasteiger partial charge in [0, 0.05) is 34.3 Å². The highest BCUT2D eigenvalue weighted by molar-refractivity contribution is 7.62. The van der Waals surface area contributed by atoms with Crippen LogP contribution in [0.2, 0.25) is 0 Å². The Bertz CT molecular complexity index is 1800. The van der Waals surface area contributed by atoms with Crippen molar-refractivity contribution in [3.8, 4) is 16.9 Å². The second-order valence-electron chi connectivity index (χ2n) is 10.4. The average Bonchev–Trinajstić information content (AvgIpc) is 3.39. The number of fused-ring (bicyclic) bond motifs is 9. The minimum atomic E-state index is -3.16. The predicted octanol–water partition coefficient (Wildman–Crippen LogP) is 7.25. The lowest BCUT2D eigenvalue weighted by molar-refractivity contribution is -0.0507. The largest absolute Gasteiger partial charge is 0.434 e. The van der Waals surface area contributed by atoms with Crippen LogP contribution in [0.1, 0.15) is 62.5 Å². The minimum absolute atomic E-state index is 0.0312. The fraction of sp³-hybridized carbons (Fsp3) is 0.310. The van der Waals surface area contributed by atoms with Gasteiger partial charge in [0.05, 0.1) is 30.3 Å². The summed E-state index contributed by atoms with van der Waals surface area (Å²) in [4.78, 5) is 19.0. The van der Waals surface area contributed by atoms with Crippen LogP contribution in [0.25, 0.3) is 22.2 Å². The van der Waals surface area contributed by atoms with Crippen LogP contribution in [0.3, 0.4) is 0 Å². The fourth-order valence-electron chi connectivity index (χ4n) is 5.67. The molecule has 0 saturated heterocycles. The van der Waals surface area contributed by atoms with E-state index in [1.54, 1.807) is 55.2 Å². The molecule has 0 radical (unpaired) electrons. The molecule has 0 fully saturated rings. The van der Waals surface area contributed by atoms with Gasteiger partial charge in [0.1, 0.15) is 17.4 Å². The monoisotopic (exact) mass is 556 g/mol. The standard InChI is InChI=1S/C29H27F3N3O3P/c1-15(39(3,4)37)18-10-8-16(12-20(18)30)17-9-11-21-22(13-17)35-23-14-24(27(35)33-21)34(2)28(36)19-6-5-7-25(26(19)23)38-29(31)32/h5-13,15,23-24,29H,14H2,1-4H3/t15?,23-,24-/m1/s1/i2D3.